The number of rotatable bonds is 6. The van der Waals surface area contributed by atoms with E-state index in [4.69, 9.17) is 0 Å². The van der Waals surface area contributed by atoms with Crippen LogP contribution >= 0.6 is 23.1 Å². The molecule has 1 aromatic heterocycles. The summed E-state index contributed by atoms with van der Waals surface area (Å²) in [5.41, 5.74) is 0.920. The van der Waals surface area contributed by atoms with Crippen LogP contribution in [-0.4, -0.2) is 47.3 Å². The Morgan fingerprint density at radius 2 is 2.08 bits per heavy atom. The van der Waals surface area contributed by atoms with Crippen molar-refractivity contribution in [2.45, 2.75) is 29.0 Å². The summed E-state index contributed by atoms with van der Waals surface area (Å²) in [6, 6.07) is 9.36. The van der Waals surface area contributed by atoms with Crippen LogP contribution in [0.3, 0.4) is 0 Å². The van der Waals surface area contributed by atoms with E-state index in [1.54, 1.807) is 6.92 Å². The van der Waals surface area contributed by atoms with Gasteiger partial charge in [0.1, 0.15) is 0 Å². The fourth-order valence-corrected chi connectivity index (χ4v) is 5.98. The number of carbonyl (C=O) groups is 1. The van der Waals surface area contributed by atoms with Gasteiger partial charge in [-0.25, -0.2) is 8.42 Å². The highest BCUT2D eigenvalue weighted by Crippen LogP contribution is 2.30. The van der Waals surface area contributed by atoms with Crippen molar-refractivity contribution in [3.05, 3.63) is 30.3 Å². The molecule has 0 spiro atoms. The van der Waals surface area contributed by atoms with E-state index in [0.717, 1.165) is 5.69 Å². The summed E-state index contributed by atoms with van der Waals surface area (Å²) in [7, 11) is -3.00. The molecular weight excluding hydrogens is 380 g/mol. The lowest BCUT2D eigenvalue weighted by Gasteiger charge is -2.14. The van der Waals surface area contributed by atoms with Gasteiger partial charge in [-0.1, -0.05) is 41.3 Å². The van der Waals surface area contributed by atoms with Gasteiger partial charge in [-0.2, -0.15) is 0 Å². The molecule has 0 bridgehead atoms. The number of amides is 1. The van der Waals surface area contributed by atoms with Gasteiger partial charge in [0.25, 0.3) is 0 Å². The van der Waals surface area contributed by atoms with Crippen molar-refractivity contribution in [1.82, 2.24) is 15.5 Å². The van der Waals surface area contributed by atoms with E-state index in [2.05, 4.69) is 20.8 Å². The van der Waals surface area contributed by atoms with Gasteiger partial charge >= 0.3 is 0 Å². The zero-order valence-corrected chi connectivity index (χ0v) is 16.0. The third-order valence-electron chi connectivity index (χ3n) is 3.66. The van der Waals surface area contributed by atoms with E-state index in [-0.39, 0.29) is 28.7 Å². The quantitative estimate of drug-likeness (QED) is 0.718. The zero-order chi connectivity index (χ0) is 17.9. The molecule has 2 atom stereocenters. The van der Waals surface area contributed by atoms with Gasteiger partial charge < -0.3 is 10.6 Å². The Balaban J connectivity index is 1.52. The molecular formula is C15H18N4O3S3. The standard InChI is InChI=1S/C15H18N4O3S3/c1-10(13(20)16-12-7-8-25(21,22)9-12)23-15-19-18-14(24-15)17-11-5-3-2-4-6-11/h2-6,10,12H,7-9H2,1H3,(H,16,20)(H,17,18)/t10-,12+/m1/s1. The molecule has 0 saturated carbocycles. The number of para-hydroxylation sites is 1. The predicted octanol–water partition coefficient (Wildman–Crippen LogP) is 2.07. The smallest absolute Gasteiger partial charge is 0.233 e. The van der Waals surface area contributed by atoms with Crippen LogP contribution in [0.4, 0.5) is 10.8 Å². The Kier molecular flexibility index (Phi) is 5.60. The molecule has 134 valence electrons. The minimum Gasteiger partial charge on any atom is -0.351 e. The summed E-state index contributed by atoms with van der Waals surface area (Å²) in [5, 5.41) is 14.4. The van der Waals surface area contributed by atoms with E-state index in [9.17, 15) is 13.2 Å². The van der Waals surface area contributed by atoms with Gasteiger partial charge in [-0.05, 0) is 25.5 Å². The average molecular weight is 399 g/mol. The Hall–Kier alpha value is -1.65. The number of carbonyl (C=O) groups excluding carboxylic acids is 1. The second-order valence-electron chi connectivity index (χ2n) is 5.73. The third-order valence-corrected chi connectivity index (χ3v) is 7.45. The van der Waals surface area contributed by atoms with E-state index < -0.39 is 9.84 Å². The van der Waals surface area contributed by atoms with Crippen molar-refractivity contribution in [3.63, 3.8) is 0 Å². The molecule has 1 saturated heterocycles. The van der Waals surface area contributed by atoms with Crippen LogP contribution in [-0.2, 0) is 14.6 Å². The molecule has 7 nitrogen and oxygen atoms in total. The maximum absolute atomic E-state index is 12.2. The van der Waals surface area contributed by atoms with E-state index in [1.165, 1.54) is 23.1 Å². The van der Waals surface area contributed by atoms with Crippen molar-refractivity contribution >= 4 is 49.7 Å². The first-order chi connectivity index (χ1) is 11.9. The molecule has 1 aromatic carbocycles. The van der Waals surface area contributed by atoms with Crippen LogP contribution in [0.15, 0.2) is 34.7 Å². The number of aromatic nitrogens is 2. The molecule has 0 aliphatic carbocycles. The topological polar surface area (TPSA) is 101 Å². The summed E-state index contributed by atoms with van der Waals surface area (Å²) in [5.74, 6) is -0.00958. The van der Waals surface area contributed by atoms with Crippen LogP contribution in [0, 0.1) is 0 Å². The van der Waals surface area contributed by atoms with Gasteiger partial charge in [-0.3, -0.25) is 4.79 Å². The number of thioether (sulfide) groups is 1. The lowest BCUT2D eigenvalue weighted by atomic mass is 10.2. The van der Waals surface area contributed by atoms with Gasteiger partial charge in [0.15, 0.2) is 14.2 Å². The summed E-state index contributed by atoms with van der Waals surface area (Å²) in [6.07, 6.45) is 0.482. The number of sulfone groups is 1. The molecule has 1 aliphatic heterocycles. The number of nitrogens with one attached hydrogen (secondary N) is 2. The summed E-state index contributed by atoms with van der Waals surface area (Å²) >= 11 is 2.68. The first kappa shape index (κ1) is 18.2. The normalized spacial score (nSPS) is 20.1. The fourth-order valence-electron chi connectivity index (χ4n) is 2.38. The second kappa shape index (κ2) is 7.71. The predicted molar refractivity (Wildman–Crippen MR) is 100 cm³/mol. The molecule has 10 heteroatoms. The molecule has 2 heterocycles. The number of hydrogen-bond donors (Lipinski definition) is 2. The highest BCUT2D eigenvalue weighted by molar-refractivity contribution is 8.02. The van der Waals surface area contributed by atoms with Crippen molar-refractivity contribution in [2.75, 3.05) is 16.8 Å². The Labute approximate surface area is 154 Å². The molecule has 1 aliphatic rings. The molecule has 0 unspecified atom stereocenters. The first-order valence-electron chi connectivity index (χ1n) is 7.74. The molecule has 0 radical (unpaired) electrons. The monoisotopic (exact) mass is 398 g/mol. The van der Waals surface area contributed by atoms with Crippen molar-refractivity contribution in [3.8, 4) is 0 Å². The average Bonchev–Trinajstić information content (AvgIpc) is 3.14. The van der Waals surface area contributed by atoms with Crippen LogP contribution in [0.25, 0.3) is 0 Å². The summed E-state index contributed by atoms with van der Waals surface area (Å²) in [4.78, 5) is 12.2. The summed E-state index contributed by atoms with van der Waals surface area (Å²) < 4.78 is 23.6. The van der Waals surface area contributed by atoms with Crippen molar-refractivity contribution in [2.24, 2.45) is 0 Å². The van der Waals surface area contributed by atoms with Gasteiger partial charge in [0.05, 0.1) is 16.8 Å². The minimum absolute atomic E-state index is 0.0279. The van der Waals surface area contributed by atoms with Crippen LogP contribution < -0.4 is 10.6 Å². The first-order valence-corrected chi connectivity index (χ1v) is 11.3. The van der Waals surface area contributed by atoms with E-state index >= 15 is 0 Å². The summed E-state index contributed by atoms with van der Waals surface area (Å²) in [6.45, 7) is 1.77. The minimum atomic E-state index is -3.00. The number of benzene rings is 1. The highest BCUT2D eigenvalue weighted by Gasteiger charge is 2.30. The van der Waals surface area contributed by atoms with E-state index in [1.807, 2.05) is 30.3 Å². The number of nitrogens with zero attached hydrogens (tertiary/aromatic N) is 2. The van der Waals surface area contributed by atoms with Crippen LogP contribution in [0.5, 0.6) is 0 Å². The Morgan fingerprint density at radius 3 is 2.76 bits per heavy atom. The molecule has 25 heavy (non-hydrogen) atoms. The van der Waals surface area contributed by atoms with Crippen LogP contribution in [0.1, 0.15) is 13.3 Å². The maximum atomic E-state index is 12.2. The fraction of sp³-hybridized carbons (Fsp3) is 0.400. The van der Waals surface area contributed by atoms with Crippen LogP contribution in [0.2, 0.25) is 0 Å². The largest absolute Gasteiger partial charge is 0.351 e. The SMILES string of the molecule is C[C@@H](Sc1nnc(Nc2ccccc2)s1)C(=O)N[C@H]1CCS(=O)(=O)C1. The highest BCUT2D eigenvalue weighted by atomic mass is 32.2. The Morgan fingerprint density at radius 1 is 1.32 bits per heavy atom. The lowest BCUT2D eigenvalue weighted by Crippen LogP contribution is -2.39. The maximum Gasteiger partial charge on any atom is 0.233 e. The molecule has 2 aromatic rings. The van der Waals surface area contributed by atoms with Gasteiger partial charge in [0, 0.05) is 11.7 Å². The zero-order valence-electron chi connectivity index (χ0n) is 13.5. The molecule has 1 amide bonds. The number of hydrogen-bond acceptors (Lipinski definition) is 8. The number of anilines is 2. The molecule has 3 rings (SSSR count). The third kappa shape index (κ3) is 5.16. The lowest BCUT2D eigenvalue weighted by molar-refractivity contribution is -0.120. The van der Waals surface area contributed by atoms with Gasteiger partial charge in [-0.15, -0.1) is 10.2 Å². The molecule has 1 fully saturated rings. The van der Waals surface area contributed by atoms with Crippen molar-refractivity contribution < 1.29 is 13.2 Å². The van der Waals surface area contributed by atoms with Gasteiger partial charge in [0.2, 0.25) is 11.0 Å². The Bertz CT molecular complexity index is 839. The van der Waals surface area contributed by atoms with E-state index in [0.29, 0.717) is 15.9 Å². The van der Waals surface area contributed by atoms with Crippen molar-refractivity contribution in [1.29, 1.82) is 0 Å². The molecule has 2 N–H and O–H groups in total. The second-order valence-corrected chi connectivity index (χ2v) is 10.5.